The predicted molar refractivity (Wildman–Crippen MR) is 74.5 cm³/mol. The van der Waals surface area contributed by atoms with Crippen LogP contribution in [-0.4, -0.2) is 9.67 Å². The number of benzene rings is 1. The smallest absolute Gasteiger partial charge is 0.258 e. The minimum atomic E-state index is -0.432. The molecule has 0 saturated carbocycles. The first-order valence-corrected chi connectivity index (χ1v) is 5.61. The summed E-state index contributed by atoms with van der Waals surface area (Å²) < 4.78 is 1.14. The summed E-state index contributed by atoms with van der Waals surface area (Å²) in [6.07, 6.45) is 0. The summed E-state index contributed by atoms with van der Waals surface area (Å²) in [6, 6.07) is 9.22. The summed E-state index contributed by atoms with van der Waals surface area (Å²) in [7, 11) is 0. The maximum atomic E-state index is 12.1. The van der Waals surface area contributed by atoms with Crippen LogP contribution in [0.2, 0.25) is 0 Å². The lowest BCUT2D eigenvalue weighted by Gasteiger charge is -2.10. The number of rotatable bonds is 2. The monoisotopic (exact) mass is 252 g/mol. The van der Waals surface area contributed by atoms with Gasteiger partial charge in [-0.1, -0.05) is 36.9 Å². The van der Waals surface area contributed by atoms with Crippen LogP contribution in [0, 0.1) is 6.57 Å². The first-order valence-electron chi connectivity index (χ1n) is 5.61. The van der Waals surface area contributed by atoms with Crippen molar-refractivity contribution in [1.29, 1.82) is 0 Å². The van der Waals surface area contributed by atoms with Gasteiger partial charge in [-0.2, -0.15) is 0 Å². The fourth-order valence-corrected chi connectivity index (χ4v) is 1.82. The van der Waals surface area contributed by atoms with Gasteiger partial charge in [0.15, 0.2) is 5.88 Å². The molecule has 0 radical (unpaired) electrons. The van der Waals surface area contributed by atoms with Crippen LogP contribution in [0.4, 0.5) is 5.69 Å². The largest absolute Gasteiger partial charge is 0.503 e. The fraction of sp³-hybridized carbons (Fsp3) is 0.0667. The Bertz CT molecular complexity index is 814. The molecule has 0 spiro atoms. The predicted octanol–water partition coefficient (Wildman–Crippen LogP) is 0.974. The summed E-state index contributed by atoms with van der Waals surface area (Å²) >= 11 is 0. The normalized spacial score (nSPS) is 10.1. The third-order valence-electron chi connectivity index (χ3n) is 2.92. The van der Waals surface area contributed by atoms with E-state index in [0.717, 1.165) is 10.1 Å². The zero-order valence-corrected chi connectivity index (χ0v) is 10.3. The molecule has 2 rings (SSSR count). The highest BCUT2D eigenvalue weighted by atomic mass is 16.3. The van der Waals surface area contributed by atoms with Crippen molar-refractivity contribution >= 4 is 18.8 Å². The average molecular weight is 252 g/mol. The fourth-order valence-electron chi connectivity index (χ4n) is 1.82. The average Bonchev–Trinajstić information content (AvgIpc) is 2.43. The highest BCUT2D eigenvalue weighted by Gasteiger charge is 2.12. The highest BCUT2D eigenvalue weighted by Crippen LogP contribution is 2.19. The molecular formula is C15H12N2O2. The van der Waals surface area contributed by atoms with Crippen LogP contribution < -0.4 is 16.0 Å². The topological polar surface area (TPSA) is 46.6 Å². The minimum Gasteiger partial charge on any atom is -0.503 e. The van der Waals surface area contributed by atoms with Crippen molar-refractivity contribution in [3.63, 3.8) is 0 Å². The summed E-state index contributed by atoms with van der Waals surface area (Å²) in [5.74, 6) is -0.360. The summed E-state index contributed by atoms with van der Waals surface area (Å²) in [5, 5.41) is 10.3. The summed E-state index contributed by atoms with van der Waals surface area (Å²) in [5.41, 5.74) is 0.395. The van der Waals surface area contributed by atoms with Crippen LogP contribution in [0.3, 0.4) is 0 Å². The van der Waals surface area contributed by atoms with E-state index in [4.69, 9.17) is 6.57 Å². The van der Waals surface area contributed by atoms with E-state index in [-0.39, 0.29) is 28.5 Å². The molecule has 1 N–H and O–H groups in total. The van der Waals surface area contributed by atoms with E-state index in [2.05, 4.69) is 18.0 Å². The maximum Gasteiger partial charge on any atom is 0.258 e. The highest BCUT2D eigenvalue weighted by molar-refractivity contribution is 5.55. The lowest BCUT2D eigenvalue weighted by atomic mass is 10.2. The quantitative estimate of drug-likeness (QED) is 0.810. The van der Waals surface area contributed by atoms with Crippen LogP contribution in [-0.2, 0) is 6.54 Å². The molecule has 0 aliphatic carbocycles. The van der Waals surface area contributed by atoms with Gasteiger partial charge in [0, 0.05) is 5.22 Å². The van der Waals surface area contributed by atoms with E-state index < -0.39 is 5.56 Å². The summed E-state index contributed by atoms with van der Waals surface area (Å²) in [6.45, 7) is 14.5. The zero-order chi connectivity index (χ0) is 14.0. The molecule has 0 aliphatic rings. The van der Waals surface area contributed by atoms with Gasteiger partial charge in [0.2, 0.25) is 0 Å². The molecule has 0 amide bonds. The van der Waals surface area contributed by atoms with Gasteiger partial charge in [0.05, 0.1) is 13.1 Å². The van der Waals surface area contributed by atoms with E-state index in [9.17, 15) is 9.90 Å². The van der Waals surface area contributed by atoms with Crippen LogP contribution in [0.5, 0.6) is 5.88 Å². The Balaban J connectivity index is 2.69. The Kier molecular flexibility index (Phi) is 3.21. The number of pyridine rings is 1. The van der Waals surface area contributed by atoms with Gasteiger partial charge in [-0.05, 0) is 10.8 Å². The molecule has 4 heteroatoms. The Morgan fingerprint density at radius 3 is 2.42 bits per heavy atom. The van der Waals surface area contributed by atoms with Gasteiger partial charge in [-0.15, -0.1) is 6.58 Å². The molecule has 0 fully saturated rings. The third-order valence-corrected chi connectivity index (χ3v) is 2.92. The van der Waals surface area contributed by atoms with Crippen molar-refractivity contribution < 1.29 is 5.11 Å². The van der Waals surface area contributed by atoms with Gasteiger partial charge in [-0.3, -0.25) is 9.36 Å². The Labute approximate surface area is 110 Å². The molecule has 0 unspecified atom stereocenters. The first-order chi connectivity index (χ1) is 9.06. The standard InChI is InChI=1S/C15H12N2O2/c1-10-11(2)14(18)17(15(19)13(10)16-3)9-12-7-5-4-6-8-12/h4-8,19H,1-2,9H2. The number of aromatic hydroxyl groups is 1. The van der Waals surface area contributed by atoms with Crippen LogP contribution in [0.15, 0.2) is 35.1 Å². The Morgan fingerprint density at radius 1 is 1.21 bits per heavy atom. The molecule has 19 heavy (non-hydrogen) atoms. The van der Waals surface area contributed by atoms with Gasteiger partial charge >= 0.3 is 0 Å². The van der Waals surface area contributed by atoms with Crippen molar-refractivity contribution in [2.45, 2.75) is 6.54 Å². The van der Waals surface area contributed by atoms with Crippen molar-refractivity contribution in [2.75, 3.05) is 0 Å². The molecule has 4 nitrogen and oxygen atoms in total. The molecule has 2 aromatic rings. The number of hydrogen-bond acceptors (Lipinski definition) is 2. The molecule has 1 heterocycles. The maximum absolute atomic E-state index is 12.1. The van der Waals surface area contributed by atoms with Crippen molar-refractivity contribution in [3.8, 4) is 5.88 Å². The second-order valence-corrected chi connectivity index (χ2v) is 4.12. The number of nitrogens with zero attached hydrogens (tertiary/aromatic N) is 2. The molecule has 0 atom stereocenters. The molecule has 0 aliphatic heterocycles. The Hall–Kier alpha value is -2.80. The van der Waals surface area contributed by atoms with Crippen molar-refractivity contribution in [1.82, 2.24) is 4.57 Å². The van der Waals surface area contributed by atoms with Gasteiger partial charge in [-0.25, -0.2) is 4.85 Å². The van der Waals surface area contributed by atoms with Gasteiger partial charge in [0.25, 0.3) is 11.2 Å². The third kappa shape index (κ3) is 2.14. The van der Waals surface area contributed by atoms with Gasteiger partial charge < -0.3 is 5.11 Å². The second-order valence-electron chi connectivity index (χ2n) is 4.12. The van der Waals surface area contributed by atoms with Crippen LogP contribution >= 0.6 is 0 Å². The van der Waals surface area contributed by atoms with Crippen molar-refractivity contribution in [3.05, 3.63) is 68.1 Å². The van der Waals surface area contributed by atoms with Gasteiger partial charge in [0.1, 0.15) is 0 Å². The number of hydrogen-bond donors (Lipinski definition) is 1. The van der Waals surface area contributed by atoms with Crippen LogP contribution in [0.1, 0.15) is 5.56 Å². The first kappa shape index (κ1) is 12.7. The second kappa shape index (κ2) is 4.83. The molecule has 0 saturated heterocycles. The molecule has 1 aromatic carbocycles. The van der Waals surface area contributed by atoms with Crippen molar-refractivity contribution in [2.24, 2.45) is 0 Å². The number of aromatic nitrogens is 1. The lowest BCUT2D eigenvalue weighted by molar-refractivity contribution is 0.417. The molecule has 1 aromatic heterocycles. The van der Waals surface area contributed by atoms with Crippen LogP contribution in [0.25, 0.3) is 18.0 Å². The van der Waals surface area contributed by atoms with E-state index >= 15 is 0 Å². The summed E-state index contributed by atoms with van der Waals surface area (Å²) in [4.78, 5) is 15.3. The minimum absolute atomic E-state index is 0.0273. The lowest BCUT2D eigenvalue weighted by Crippen LogP contribution is -2.43. The molecule has 94 valence electrons. The van der Waals surface area contributed by atoms with E-state index in [1.165, 1.54) is 0 Å². The molecular weight excluding hydrogens is 240 g/mol. The SMILES string of the molecule is [C-]#[N+]c1c(O)n(Cc2ccccc2)c(=O)c(=C)c1=C. The van der Waals surface area contributed by atoms with E-state index in [1.54, 1.807) is 0 Å². The Morgan fingerprint density at radius 2 is 1.84 bits per heavy atom. The van der Waals surface area contributed by atoms with E-state index in [1.807, 2.05) is 30.3 Å². The zero-order valence-electron chi connectivity index (χ0n) is 10.3. The van der Waals surface area contributed by atoms with E-state index in [0.29, 0.717) is 0 Å². The molecule has 0 bridgehead atoms.